The van der Waals surface area contributed by atoms with E-state index in [1.165, 1.54) is 18.5 Å². The first kappa shape index (κ1) is 21.7. The average Bonchev–Trinajstić information content (AvgIpc) is 3.07. The van der Waals surface area contributed by atoms with E-state index in [9.17, 15) is 14.4 Å². The van der Waals surface area contributed by atoms with Gasteiger partial charge in [0.1, 0.15) is 17.0 Å². The standard InChI is InChI=1S/C22H21N3O6/c1-4-29-22(28)19-13(2)18(14(3)25-19)17(26)12-30-21(27)16-8-6-10-24-20(16)31-15-7-5-9-23-11-15/h5-11,25H,4,12H2,1-3H3. The lowest BCUT2D eigenvalue weighted by molar-refractivity contribution is 0.0470. The van der Waals surface area contributed by atoms with Crippen molar-refractivity contribution in [2.24, 2.45) is 0 Å². The van der Waals surface area contributed by atoms with Gasteiger partial charge in [-0.25, -0.2) is 14.6 Å². The van der Waals surface area contributed by atoms with E-state index in [2.05, 4.69) is 15.0 Å². The molecule has 0 saturated heterocycles. The highest BCUT2D eigenvalue weighted by molar-refractivity contribution is 6.04. The number of carbonyl (C=O) groups excluding carboxylic acids is 3. The van der Waals surface area contributed by atoms with Gasteiger partial charge in [-0.15, -0.1) is 0 Å². The predicted octanol–water partition coefficient (Wildman–Crippen LogP) is 3.43. The molecule has 0 aliphatic heterocycles. The number of ether oxygens (including phenoxy) is 3. The van der Waals surface area contributed by atoms with Crippen LogP contribution in [0.4, 0.5) is 0 Å². The molecule has 3 heterocycles. The molecule has 9 heteroatoms. The molecule has 0 bridgehead atoms. The zero-order chi connectivity index (χ0) is 22.4. The molecular formula is C22H21N3O6. The van der Waals surface area contributed by atoms with Gasteiger partial charge in [0.2, 0.25) is 11.7 Å². The molecular weight excluding hydrogens is 402 g/mol. The van der Waals surface area contributed by atoms with E-state index in [-0.39, 0.29) is 29.3 Å². The Kier molecular flexibility index (Phi) is 6.76. The first-order chi connectivity index (χ1) is 14.9. The fraction of sp³-hybridized carbons (Fsp3) is 0.227. The molecule has 9 nitrogen and oxygen atoms in total. The van der Waals surface area contributed by atoms with Gasteiger partial charge in [-0.3, -0.25) is 9.78 Å². The van der Waals surface area contributed by atoms with Crippen molar-refractivity contribution >= 4 is 17.7 Å². The summed E-state index contributed by atoms with van der Waals surface area (Å²) in [6.07, 6.45) is 4.54. The molecule has 31 heavy (non-hydrogen) atoms. The summed E-state index contributed by atoms with van der Waals surface area (Å²) in [5, 5.41) is 0. The van der Waals surface area contributed by atoms with Gasteiger partial charge in [0.25, 0.3) is 0 Å². The van der Waals surface area contributed by atoms with Crippen LogP contribution in [0.3, 0.4) is 0 Å². The Morgan fingerprint density at radius 2 is 1.81 bits per heavy atom. The molecule has 0 radical (unpaired) electrons. The topological polar surface area (TPSA) is 120 Å². The number of pyridine rings is 2. The Labute approximate surface area is 178 Å². The van der Waals surface area contributed by atoms with Gasteiger partial charge in [-0.2, -0.15) is 0 Å². The van der Waals surface area contributed by atoms with Crippen molar-refractivity contribution < 1.29 is 28.6 Å². The normalized spacial score (nSPS) is 10.4. The van der Waals surface area contributed by atoms with Crippen LogP contribution in [0.1, 0.15) is 49.4 Å². The molecule has 0 aromatic carbocycles. The Balaban J connectivity index is 1.72. The third kappa shape index (κ3) is 4.95. The number of nitrogens with one attached hydrogen (secondary N) is 1. The van der Waals surface area contributed by atoms with Crippen LogP contribution in [0.15, 0.2) is 42.9 Å². The van der Waals surface area contributed by atoms with Gasteiger partial charge < -0.3 is 19.2 Å². The number of aromatic nitrogens is 3. The van der Waals surface area contributed by atoms with E-state index in [0.717, 1.165) is 0 Å². The van der Waals surface area contributed by atoms with Crippen LogP contribution in [0.25, 0.3) is 0 Å². The summed E-state index contributed by atoms with van der Waals surface area (Å²) < 4.78 is 15.8. The maximum atomic E-state index is 12.7. The fourth-order valence-electron chi connectivity index (χ4n) is 3.00. The molecule has 0 spiro atoms. The summed E-state index contributed by atoms with van der Waals surface area (Å²) in [5.74, 6) is -1.33. The van der Waals surface area contributed by atoms with Crippen molar-refractivity contribution in [1.82, 2.24) is 15.0 Å². The Morgan fingerprint density at radius 3 is 2.52 bits per heavy atom. The van der Waals surface area contributed by atoms with Crippen LogP contribution in [-0.2, 0) is 9.47 Å². The second-order valence-electron chi connectivity index (χ2n) is 6.49. The monoisotopic (exact) mass is 423 g/mol. The molecule has 1 N–H and O–H groups in total. The first-order valence-corrected chi connectivity index (χ1v) is 9.51. The van der Waals surface area contributed by atoms with Crippen molar-refractivity contribution in [1.29, 1.82) is 0 Å². The predicted molar refractivity (Wildman–Crippen MR) is 109 cm³/mol. The highest BCUT2D eigenvalue weighted by Gasteiger charge is 2.24. The molecule has 3 aromatic rings. The van der Waals surface area contributed by atoms with E-state index in [1.54, 1.807) is 45.2 Å². The zero-order valence-electron chi connectivity index (χ0n) is 17.3. The minimum atomic E-state index is -0.767. The molecule has 3 rings (SSSR count). The number of esters is 2. The molecule has 160 valence electrons. The molecule has 3 aromatic heterocycles. The average molecular weight is 423 g/mol. The number of H-pyrrole nitrogens is 1. The Hall–Kier alpha value is -4.01. The first-order valence-electron chi connectivity index (χ1n) is 9.51. The fourth-order valence-corrected chi connectivity index (χ4v) is 3.00. The number of hydrogen-bond acceptors (Lipinski definition) is 8. The van der Waals surface area contributed by atoms with Crippen LogP contribution >= 0.6 is 0 Å². The third-order valence-electron chi connectivity index (χ3n) is 4.37. The lowest BCUT2D eigenvalue weighted by atomic mass is 10.1. The number of aromatic amines is 1. The maximum absolute atomic E-state index is 12.7. The summed E-state index contributed by atoms with van der Waals surface area (Å²) in [4.78, 5) is 48.1. The number of Topliss-reactive ketones (excluding diaryl/α,β-unsaturated/α-hetero) is 1. The largest absolute Gasteiger partial charge is 0.461 e. The smallest absolute Gasteiger partial charge is 0.355 e. The number of aryl methyl sites for hydroxylation is 1. The van der Waals surface area contributed by atoms with Crippen LogP contribution in [0, 0.1) is 13.8 Å². The van der Waals surface area contributed by atoms with E-state index >= 15 is 0 Å². The van der Waals surface area contributed by atoms with Crippen molar-refractivity contribution in [3.8, 4) is 11.6 Å². The number of rotatable bonds is 8. The van der Waals surface area contributed by atoms with Crippen LogP contribution in [0.2, 0.25) is 0 Å². The molecule has 0 aliphatic rings. The van der Waals surface area contributed by atoms with E-state index in [4.69, 9.17) is 14.2 Å². The number of nitrogens with zero attached hydrogens (tertiary/aromatic N) is 2. The van der Waals surface area contributed by atoms with Gasteiger partial charge in [-0.1, -0.05) is 0 Å². The SMILES string of the molecule is CCOC(=O)c1[nH]c(C)c(C(=O)COC(=O)c2cccnc2Oc2cccnc2)c1C. The summed E-state index contributed by atoms with van der Waals surface area (Å²) in [5.41, 5.74) is 1.48. The summed E-state index contributed by atoms with van der Waals surface area (Å²) in [6, 6.07) is 6.39. The molecule has 0 aliphatic carbocycles. The lowest BCUT2D eigenvalue weighted by Crippen LogP contribution is -2.16. The Bertz CT molecular complexity index is 1110. The lowest BCUT2D eigenvalue weighted by Gasteiger charge is -2.09. The highest BCUT2D eigenvalue weighted by Crippen LogP contribution is 2.23. The van der Waals surface area contributed by atoms with Crippen LogP contribution in [0.5, 0.6) is 11.6 Å². The van der Waals surface area contributed by atoms with Crippen molar-refractivity contribution in [2.45, 2.75) is 20.8 Å². The van der Waals surface area contributed by atoms with Crippen molar-refractivity contribution in [2.75, 3.05) is 13.2 Å². The second kappa shape index (κ2) is 9.66. The summed E-state index contributed by atoms with van der Waals surface area (Å²) in [7, 11) is 0. The van der Waals surface area contributed by atoms with Crippen LogP contribution < -0.4 is 4.74 Å². The zero-order valence-corrected chi connectivity index (χ0v) is 17.3. The summed E-state index contributed by atoms with van der Waals surface area (Å²) >= 11 is 0. The molecule has 0 fully saturated rings. The van der Waals surface area contributed by atoms with Crippen LogP contribution in [-0.4, -0.2) is 45.9 Å². The van der Waals surface area contributed by atoms with Crippen molar-refractivity contribution in [3.63, 3.8) is 0 Å². The van der Waals surface area contributed by atoms with Gasteiger partial charge in [-0.05, 0) is 50.6 Å². The summed E-state index contributed by atoms with van der Waals surface area (Å²) in [6.45, 7) is 4.68. The molecule has 0 atom stereocenters. The number of ketones is 1. The van der Waals surface area contributed by atoms with E-state index < -0.39 is 24.3 Å². The van der Waals surface area contributed by atoms with Crippen molar-refractivity contribution in [3.05, 3.63) is 70.9 Å². The third-order valence-corrected chi connectivity index (χ3v) is 4.37. The van der Waals surface area contributed by atoms with Gasteiger partial charge in [0.15, 0.2) is 6.61 Å². The molecule has 0 amide bonds. The minimum Gasteiger partial charge on any atom is -0.461 e. The number of hydrogen-bond donors (Lipinski definition) is 1. The quantitative estimate of drug-likeness (QED) is 0.432. The van der Waals surface area contributed by atoms with E-state index in [0.29, 0.717) is 17.0 Å². The van der Waals surface area contributed by atoms with Gasteiger partial charge in [0.05, 0.1) is 12.8 Å². The number of carbonyl (C=O) groups is 3. The van der Waals surface area contributed by atoms with Gasteiger partial charge in [0, 0.05) is 23.7 Å². The Morgan fingerprint density at radius 1 is 1.03 bits per heavy atom. The minimum absolute atomic E-state index is 0.0338. The van der Waals surface area contributed by atoms with E-state index in [1.807, 2.05) is 0 Å². The molecule has 0 saturated carbocycles. The molecule has 0 unspecified atom stereocenters. The van der Waals surface area contributed by atoms with Gasteiger partial charge >= 0.3 is 11.9 Å². The maximum Gasteiger partial charge on any atom is 0.355 e. The highest BCUT2D eigenvalue weighted by atomic mass is 16.5. The second-order valence-corrected chi connectivity index (χ2v) is 6.49.